The maximum Gasteiger partial charge on any atom is 0.304 e. The lowest BCUT2D eigenvalue weighted by Gasteiger charge is -2.30. The number of aliphatic carboxylic acids is 1. The summed E-state index contributed by atoms with van der Waals surface area (Å²) in [6.45, 7) is 2.58. The van der Waals surface area contributed by atoms with Gasteiger partial charge in [0, 0.05) is 23.7 Å². The Morgan fingerprint density at radius 3 is 2.89 bits per heavy atom. The van der Waals surface area contributed by atoms with Gasteiger partial charge in [-0.2, -0.15) is 0 Å². The molecule has 104 valence electrons. The topological polar surface area (TPSA) is 40.5 Å². The largest absolute Gasteiger partial charge is 0.481 e. The Balaban J connectivity index is 2.18. The van der Waals surface area contributed by atoms with Gasteiger partial charge in [-0.05, 0) is 32.4 Å². The van der Waals surface area contributed by atoms with Crippen molar-refractivity contribution in [2.45, 2.75) is 38.3 Å². The normalized spacial score (nSPS) is 21.5. The van der Waals surface area contributed by atoms with Crippen molar-refractivity contribution in [2.24, 2.45) is 0 Å². The van der Waals surface area contributed by atoms with Gasteiger partial charge >= 0.3 is 5.97 Å². The van der Waals surface area contributed by atoms with E-state index in [1.807, 2.05) is 11.8 Å². The van der Waals surface area contributed by atoms with Crippen molar-refractivity contribution in [3.8, 4) is 0 Å². The molecule has 1 fully saturated rings. The van der Waals surface area contributed by atoms with Gasteiger partial charge in [0.15, 0.2) is 0 Å². The van der Waals surface area contributed by atoms with E-state index in [1.165, 1.54) is 12.1 Å². The Morgan fingerprint density at radius 2 is 2.26 bits per heavy atom. The van der Waals surface area contributed by atoms with Gasteiger partial charge in [-0.25, -0.2) is 8.78 Å². The second-order valence-electron chi connectivity index (χ2n) is 4.97. The highest BCUT2D eigenvalue weighted by atomic mass is 19.1. The highest BCUT2D eigenvalue weighted by Gasteiger charge is 2.31. The molecule has 1 saturated heterocycles. The molecule has 0 amide bonds. The van der Waals surface area contributed by atoms with Crippen LogP contribution in [0.3, 0.4) is 0 Å². The molecule has 0 aliphatic carbocycles. The molecule has 3 nitrogen and oxygen atoms in total. The summed E-state index contributed by atoms with van der Waals surface area (Å²) in [4.78, 5) is 12.8. The number of likely N-dealkylation sites (tertiary alicyclic amines) is 1. The van der Waals surface area contributed by atoms with Crippen LogP contribution in [-0.4, -0.2) is 28.6 Å². The minimum atomic E-state index is -0.844. The van der Waals surface area contributed by atoms with Gasteiger partial charge < -0.3 is 5.11 Å². The predicted octanol–water partition coefficient (Wildman–Crippen LogP) is 2.96. The van der Waals surface area contributed by atoms with Crippen LogP contribution in [0.2, 0.25) is 0 Å². The third-order valence-corrected chi connectivity index (χ3v) is 3.74. The molecule has 0 saturated carbocycles. The maximum absolute atomic E-state index is 13.8. The first kappa shape index (κ1) is 13.9. The lowest BCUT2D eigenvalue weighted by molar-refractivity contribution is -0.138. The third-order valence-electron chi connectivity index (χ3n) is 3.74. The molecule has 1 N–H and O–H groups in total. The molecule has 2 atom stereocenters. The summed E-state index contributed by atoms with van der Waals surface area (Å²) < 4.78 is 26.7. The number of rotatable bonds is 4. The van der Waals surface area contributed by atoms with Gasteiger partial charge in [0.05, 0.1) is 6.42 Å². The van der Waals surface area contributed by atoms with Gasteiger partial charge in [0.2, 0.25) is 0 Å². The molecule has 5 heteroatoms. The zero-order valence-electron chi connectivity index (χ0n) is 10.8. The Morgan fingerprint density at radius 1 is 1.53 bits per heavy atom. The van der Waals surface area contributed by atoms with E-state index in [-0.39, 0.29) is 18.5 Å². The Hall–Kier alpha value is -1.49. The highest BCUT2D eigenvalue weighted by molar-refractivity contribution is 5.67. The van der Waals surface area contributed by atoms with Crippen LogP contribution < -0.4 is 0 Å². The number of hydrogen-bond donors (Lipinski definition) is 1. The van der Waals surface area contributed by atoms with Crippen LogP contribution in [0.4, 0.5) is 8.78 Å². The predicted molar refractivity (Wildman–Crippen MR) is 66.8 cm³/mol. The number of carboxylic acids is 1. The zero-order chi connectivity index (χ0) is 14.0. The van der Waals surface area contributed by atoms with Gasteiger partial charge in [-0.15, -0.1) is 0 Å². The van der Waals surface area contributed by atoms with E-state index in [1.54, 1.807) is 0 Å². The summed E-state index contributed by atoms with van der Waals surface area (Å²) in [6, 6.07) is 3.22. The average Bonchev–Trinajstić information content (AvgIpc) is 2.75. The van der Waals surface area contributed by atoms with E-state index in [2.05, 4.69) is 0 Å². The first-order valence-electron chi connectivity index (χ1n) is 6.41. The van der Waals surface area contributed by atoms with Crippen molar-refractivity contribution < 1.29 is 18.7 Å². The van der Waals surface area contributed by atoms with Gasteiger partial charge in [-0.1, -0.05) is 6.07 Å². The van der Waals surface area contributed by atoms with E-state index in [4.69, 9.17) is 5.11 Å². The number of carbonyl (C=O) groups is 1. The molecule has 2 unspecified atom stereocenters. The molecule has 0 bridgehead atoms. The lowest BCUT2D eigenvalue weighted by atomic mass is 10.0. The molecule has 1 aromatic carbocycles. The minimum Gasteiger partial charge on any atom is -0.481 e. The molecule has 1 aliphatic rings. The molecule has 2 rings (SSSR count). The summed E-state index contributed by atoms with van der Waals surface area (Å²) in [5.74, 6) is -2.02. The number of halogens is 2. The molecular formula is C14H17F2NO2. The van der Waals surface area contributed by atoms with Crippen LogP contribution in [0.1, 0.15) is 37.8 Å². The Labute approximate surface area is 110 Å². The lowest BCUT2D eigenvalue weighted by Crippen LogP contribution is -2.34. The summed E-state index contributed by atoms with van der Waals surface area (Å²) in [5.41, 5.74) is 0.415. The van der Waals surface area contributed by atoms with Crippen molar-refractivity contribution in [1.82, 2.24) is 4.90 Å². The molecule has 19 heavy (non-hydrogen) atoms. The number of hydrogen-bond acceptors (Lipinski definition) is 2. The van der Waals surface area contributed by atoms with Crippen LogP contribution in [0, 0.1) is 11.6 Å². The van der Waals surface area contributed by atoms with E-state index >= 15 is 0 Å². The monoisotopic (exact) mass is 269 g/mol. The second-order valence-corrected chi connectivity index (χ2v) is 4.97. The molecule has 1 aromatic rings. The number of carboxylic acid groups (broad SMARTS) is 1. The van der Waals surface area contributed by atoms with E-state index < -0.39 is 17.6 Å². The van der Waals surface area contributed by atoms with E-state index in [0.717, 1.165) is 25.5 Å². The summed E-state index contributed by atoms with van der Waals surface area (Å²) in [5, 5.41) is 8.88. The van der Waals surface area contributed by atoms with E-state index in [0.29, 0.717) is 5.56 Å². The maximum atomic E-state index is 13.8. The fraction of sp³-hybridized carbons (Fsp3) is 0.500. The SMILES string of the molecule is CC(c1ccc(F)cc1F)N1CCCC1CC(=O)O. The summed E-state index contributed by atoms with van der Waals surface area (Å²) in [7, 11) is 0. The molecule has 0 radical (unpaired) electrons. The fourth-order valence-electron chi connectivity index (χ4n) is 2.81. The molecule has 0 spiro atoms. The van der Waals surface area contributed by atoms with Crippen molar-refractivity contribution >= 4 is 5.97 Å². The fourth-order valence-corrected chi connectivity index (χ4v) is 2.81. The standard InChI is InChI=1S/C14H17F2NO2/c1-9(12-5-4-10(15)7-13(12)16)17-6-2-3-11(17)8-14(18)19/h4-5,7,9,11H,2-3,6,8H2,1H3,(H,18,19). The Kier molecular flexibility index (Phi) is 4.14. The first-order chi connectivity index (χ1) is 8.99. The average molecular weight is 269 g/mol. The third kappa shape index (κ3) is 3.10. The number of nitrogens with zero attached hydrogens (tertiary/aromatic N) is 1. The van der Waals surface area contributed by atoms with Gasteiger partial charge in [0.1, 0.15) is 11.6 Å². The molecule has 0 aromatic heterocycles. The van der Waals surface area contributed by atoms with Crippen LogP contribution in [0.25, 0.3) is 0 Å². The number of benzene rings is 1. The zero-order valence-corrected chi connectivity index (χ0v) is 10.8. The van der Waals surface area contributed by atoms with Crippen molar-refractivity contribution in [3.63, 3.8) is 0 Å². The van der Waals surface area contributed by atoms with Gasteiger partial charge in [0.25, 0.3) is 0 Å². The summed E-state index contributed by atoms with van der Waals surface area (Å²) >= 11 is 0. The highest BCUT2D eigenvalue weighted by Crippen LogP contribution is 2.31. The van der Waals surface area contributed by atoms with Gasteiger partial charge in [-0.3, -0.25) is 9.69 Å². The molecule has 1 aliphatic heterocycles. The second kappa shape index (κ2) is 5.65. The molecule has 1 heterocycles. The molecular weight excluding hydrogens is 252 g/mol. The minimum absolute atomic E-state index is 0.0627. The smallest absolute Gasteiger partial charge is 0.304 e. The van der Waals surface area contributed by atoms with E-state index in [9.17, 15) is 13.6 Å². The van der Waals surface area contributed by atoms with Crippen LogP contribution in [0.5, 0.6) is 0 Å². The van der Waals surface area contributed by atoms with Crippen molar-refractivity contribution in [3.05, 3.63) is 35.4 Å². The van der Waals surface area contributed by atoms with Crippen LogP contribution in [-0.2, 0) is 4.79 Å². The summed E-state index contributed by atoms with van der Waals surface area (Å²) in [6.07, 6.45) is 1.78. The quantitative estimate of drug-likeness (QED) is 0.913. The van der Waals surface area contributed by atoms with Crippen LogP contribution >= 0.6 is 0 Å². The Bertz CT molecular complexity index is 479. The van der Waals surface area contributed by atoms with Crippen molar-refractivity contribution in [1.29, 1.82) is 0 Å². The van der Waals surface area contributed by atoms with Crippen LogP contribution in [0.15, 0.2) is 18.2 Å². The first-order valence-corrected chi connectivity index (χ1v) is 6.41. The van der Waals surface area contributed by atoms with Crippen molar-refractivity contribution in [2.75, 3.05) is 6.54 Å².